The molecule has 3 aliphatic carbocycles. The van der Waals surface area contributed by atoms with Crippen LogP contribution in [0.1, 0.15) is 40.7 Å². The van der Waals surface area contributed by atoms with E-state index in [4.69, 9.17) is 0 Å². The summed E-state index contributed by atoms with van der Waals surface area (Å²) in [6.45, 7) is 0. The van der Waals surface area contributed by atoms with Gasteiger partial charge in [-0.2, -0.15) is 0 Å². The van der Waals surface area contributed by atoms with Crippen LogP contribution in [0.2, 0.25) is 0 Å². The molecule has 3 aliphatic rings. The lowest BCUT2D eigenvalue weighted by atomic mass is 9.70. The largest absolute Gasteiger partial charge is 0.310 e. The highest BCUT2D eigenvalue weighted by atomic mass is 15.1. The molecule has 0 fully saturated rings. The Morgan fingerprint density at radius 3 is 1.35 bits per heavy atom. The Bertz CT molecular complexity index is 3140. The van der Waals surface area contributed by atoms with Crippen molar-refractivity contribution in [3.05, 3.63) is 264 Å². The second-order valence-corrected chi connectivity index (χ2v) is 16.7. The molecule has 0 saturated heterocycles. The van der Waals surface area contributed by atoms with E-state index in [0.29, 0.717) is 0 Å². The fourth-order valence-corrected chi connectivity index (χ4v) is 10.6. The zero-order valence-corrected chi connectivity index (χ0v) is 34.4. The molecule has 0 N–H and O–H groups in total. The maximum absolute atomic E-state index is 2.49. The van der Waals surface area contributed by atoms with E-state index in [1.54, 1.807) is 0 Å². The summed E-state index contributed by atoms with van der Waals surface area (Å²) in [4.78, 5) is 2.46. The van der Waals surface area contributed by atoms with Crippen molar-refractivity contribution in [3.63, 3.8) is 0 Å². The molecule has 292 valence electrons. The van der Waals surface area contributed by atoms with Gasteiger partial charge in [-0.15, -0.1) is 0 Å². The fourth-order valence-electron chi connectivity index (χ4n) is 10.6. The lowest BCUT2D eigenvalue weighted by Gasteiger charge is -2.32. The zero-order chi connectivity index (χ0) is 41.0. The van der Waals surface area contributed by atoms with Crippen molar-refractivity contribution in [2.24, 2.45) is 0 Å². The molecule has 62 heavy (non-hydrogen) atoms. The van der Waals surface area contributed by atoms with Gasteiger partial charge in [-0.3, -0.25) is 0 Å². The molecule has 9 aromatic carbocycles. The molecule has 0 bridgehead atoms. The van der Waals surface area contributed by atoms with Gasteiger partial charge in [0.05, 0.1) is 5.41 Å². The van der Waals surface area contributed by atoms with Gasteiger partial charge in [0, 0.05) is 17.1 Å². The molecular formula is C61H43N. The highest BCUT2D eigenvalue weighted by molar-refractivity contribution is 5.97. The first-order chi connectivity index (χ1) is 30.8. The summed E-state index contributed by atoms with van der Waals surface area (Å²) < 4.78 is 0. The van der Waals surface area contributed by atoms with Crippen molar-refractivity contribution >= 4 is 22.6 Å². The quantitative estimate of drug-likeness (QED) is 0.155. The Morgan fingerprint density at radius 2 is 0.758 bits per heavy atom. The van der Waals surface area contributed by atoms with Crippen LogP contribution in [0.15, 0.2) is 237 Å². The molecule has 12 rings (SSSR count). The third-order valence-electron chi connectivity index (χ3n) is 13.3. The molecule has 0 amide bonds. The molecule has 1 spiro atoms. The van der Waals surface area contributed by atoms with Gasteiger partial charge < -0.3 is 4.90 Å². The second kappa shape index (κ2) is 14.8. The van der Waals surface area contributed by atoms with E-state index >= 15 is 0 Å². The van der Waals surface area contributed by atoms with E-state index in [0.717, 1.165) is 29.9 Å². The van der Waals surface area contributed by atoms with Crippen molar-refractivity contribution in [1.29, 1.82) is 0 Å². The lowest BCUT2D eigenvalue weighted by Crippen LogP contribution is -2.26. The molecular weight excluding hydrogens is 747 g/mol. The first-order valence-electron chi connectivity index (χ1n) is 21.8. The number of allylic oxidation sites excluding steroid dienone is 4. The Kier molecular flexibility index (Phi) is 8.61. The Morgan fingerprint density at radius 1 is 0.306 bits per heavy atom. The van der Waals surface area contributed by atoms with Crippen molar-refractivity contribution in [2.75, 3.05) is 4.90 Å². The molecule has 0 aromatic heterocycles. The number of fused-ring (bicyclic) bond motifs is 10. The van der Waals surface area contributed by atoms with Gasteiger partial charge in [-0.1, -0.05) is 200 Å². The molecule has 0 unspecified atom stereocenters. The summed E-state index contributed by atoms with van der Waals surface area (Å²) in [6.07, 6.45) is 9.10. The van der Waals surface area contributed by atoms with Crippen LogP contribution in [0.25, 0.3) is 61.2 Å². The van der Waals surface area contributed by atoms with Crippen LogP contribution in [0.3, 0.4) is 0 Å². The predicted octanol–water partition coefficient (Wildman–Crippen LogP) is 16.2. The Labute approximate surface area is 364 Å². The highest BCUT2D eigenvalue weighted by Crippen LogP contribution is 2.63. The van der Waals surface area contributed by atoms with E-state index in [2.05, 4.69) is 242 Å². The zero-order valence-electron chi connectivity index (χ0n) is 34.4. The molecule has 9 aromatic rings. The molecule has 0 aliphatic heterocycles. The van der Waals surface area contributed by atoms with Gasteiger partial charge in [-0.05, 0) is 138 Å². The monoisotopic (exact) mass is 789 g/mol. The topological polar surface area (TPSA) is 3.24 Å². The van der Waals surface area contributed by atoms with E-state index in [1.165, 1.54) is 89.0 Å². The van der Waals surface area contributed by atoms with Crippen LogP contribution < -0.4 is 4.90 Å². The minimum Gasteiger partial charge on any atom is -0.310 e. The van der Waals surface area contributed by atoms with Gasteiger partial charge in [0.2, 0.25) is 0 Å². The van der Waals surface area contributed by atoms with Crippen molar-refractivity contribution < 1.29 is 0 Å². The average Bonchev–Trinajstić information content (AvgIpc) is 3.82. The SMILES string of the molecule is C1=CC(c2ccc(-c3ccc(N(c4ccc(-c5ccccc5)cc4)c4ccc5c(c4)C4(c6ccccc6-c6ccccc64)c4ccccc4-5)cc3-c3ccccc3)cc2)=CCC1. The normalized spacial score (nSPS) is 13.8. The molecule has 0 saturated carbocycles. The molecule has 0 atom stereocenters. The fraction of sp³-hybridized carbons (Fsp3) is 0.0492. The van der Waals surface area contributed by atoms with Crippen LogP contribution >= 0.6 is 0 Å². The van der Waals surface area contributed by atoms with Gasteiger partial charge >= 0.3 is 0 Å². The minimum atomic E-state index is -0.438. The molecule has 0 radical (unpaired) electrons. The van der Waals surface area contributed by atoms with E-state index in [-0.39, 0.29) is 0 Å². The van der Waals surface area contributed by atoms with E-state index in [1.807, 2.05) is 0 Å². The number of nitrogens with zero attached hydrogens (tertiary/aromatic N) is 1. The van der Waals surface area contributed by atoms with Crippen molar-refractivity contribution in [3.8, 4) is 55.6 Å². The number of benzene rings is 9. The number of hydrogen-bond donors (Lipinski definition) is 0. The molecule has 1 nitrogen and oxygen atoms in total. The summed E-state index contributed by atoms with van der Waals surface area (Å²) >= 11 is 0. The number of anilines is 3. The summed E-state index contributed by atoms with van der Waals surface area (Å²) in [5.74, 6) is 0. The van der Waals surface area contributed by atoms with Crippen molar-refractivity contribution in [1.82, 2.24) is 0 Å². The van der Waals surface area contributed by atoms with Crippen molar-refractivity contribution in [2.45, 2.75) is 18.3 Å². The van der Waals surface area contributed by atoms with E-state index in [9.17, 15) is 0 Å². The Hall–Kier alpha value is -7.74. The first kappa shape index (κ1) is 36.1. The maximum Gasteiger partial charge on any atom is 0.0726 e. The molecule has 0 heterocycles. The third-order valence-corrected chi connectivity index (χ3v) is 13.3. The van der Waals surface area contributed by atoms with Crippen LogP contribution in [-0.2, 0) is 5.41 Å². The highest BCUT2D eigenvalue weighted by Gasteiger charge is 2.51. The van der Waals surface area contributed by atoms with Crippen LogP contribution in [-0.4, -0.2) is 0 Å². The predicted molar refractivity (Wildman–Crippen MR) is 260 cm³/mol. The standard InChI is InChI=1S/C61H43N/c1-4-16-42(17-5-1)44-28-30-47(31-29-44)51-38-36-49(40-56(51)46-20-8-3-9-21-46)62(48-34-32-45(33-35-48)43-18-6-2-7-19-43)50-37-39-55-54-24-12-15-27-59(54)61(60(55)41-50)57-25-13-10-22-52(57)53-23-11-14-26-58(53)61/h2-4,6-41H,1,5H2. The van der Waals surface area contributed by atoms with E-state index < -0.39 is 5.41 Å². The van der Waals surface area contributed by atoms with Crippen LogP contribution in [0, 0.1) is 0 Å². The minimum absolute atomic E-state index is 0.438. The first-order valence-corrected chi connectivity index (χ1v) is 21.8. The summed E-state index contributed by atoms with van der Waals surface area (Å²) in [5, 5.41) is 0. The second-order valence-electron chi connectivity index (χ2n) is 16.7. The van der Waals surface area contributed by atoms with Crippen LogP contribution in [0.4, 0.5) is 17.1 Å². The summed E-state index contributed by atoms with van der Waals surface area (Å²) in [6, 6.07) is 81.1. The molecule has 1 heteroatoms. The van der Waals surface area contributed by atoms with Gasteiger partial charge in [-0.25, -0.2) is 0 Å². The van der Waals surface area contributed by atoms with Gasteiger partial charge in [0.25, 0.3) is 0 Å². The lowest BCUT2D eigenvalue weighted by molar-refractivity contribution is 0.793. The number of hydrogen-bond acceptors (Lipinski definition) is 1. The van der Waals surface area contributed by atoms with Crippen LogP contribution in [0.5, 0.6) is 0 Å². The average molecular weight is 790 g/mol. The summed E-state index contributed by atoms with van der Waals surface area (Å²) in [7, 11) is 0. The Balaban J connectivity index is 1.06. The van der Waals surface area contributed by atoms with Gasteiger partial charge in [0.1, 0.15) is 0 Å². The third kappa shape index (κ3) is 5.70. The smallest absolute Gasteiger partial charge is 0.0726 e. The number of rotatable bonds is 7. The van der Waals surface area contributed by atoms with Gasteiger partial charge in [0.15, 0.2) is 0 Å². The maximum atomic E-state index is 2.49. The summed E-state index contributed by atoms with van der Waals surface area (Å²) in [5.41, 5.74) is 23.2.